The lowest BCUT2D eigenvalue weighted by molar-refractivity contribution is -0.136. The molecule has 3 aliphatic rings. The van der Waals surface area contributed by atoms with E-state index in [1.54, 1.807) is 4.90 Å². The molecule has 0 aliphatic carbocycles. The molecule has 1 aromatic rings. The second-order valence-corrected chi connectivity index (χ2v) is 8.14. The van der Waals surface area contributed by atoms with Crippen LogP contribution in [0.5, 0.6) is 0 Å². The van der Waals surface area contributed by atoms with E-state index in [0.717, 1.165) is 37.2 Å². The number of carbonyl (C=O) groups is 3. The average Bonchev–Trinajstić information content (AvgIpc) is 2.86. The minimum atomic E-state index is -0.554. The summed E-state index contributed by atoms with van der Waals surface area (Å²) in [4.78, 5) is 40.5. The third-order valence-corrected chi connectivity index (χ3v) is 6.19. The van der Waals surface area contributed by atoms with Crippen molar-refractivity contribution in [3.8, 4) is 0 Å². The standard InChI is InChI=1S/C21H28N4O3/c1-24(16-3-2-9-22-10-8-16)12-14-4-5-15-13-25(21(28)17(15)11-14)18-6-7-19(26)23-20(18)27/h4-5,11,16,18,22H,2-3,6-10,12-13H2,1H3,(H,23,26,27). The molecule has 7 heteroatoms. The summed E-state index contributed by atoms with van der Waals surface area (Å²) in [6.45, 7) is 3.39. The molecule has 0 saturated carbocycles. The molecule has 150 valence electrons. The summed E-state index contributed by atoms with van der Waals surface area (Å²) >= 11 is 0. The number of carbonyl (C=O) groups excluding carboxylic acids is 3. The van der Waals surface area contributed by atoms with Crippen LogP contribution < -0.4 is 10.6 Å². The van der Waals surface area contributed by atoms with Crippen LogP contribution in [0.4, 0.5) is 0 Å². The van der Waals surface area contributed by atoms with E-state index in [2.05, 4.69) is 28.6 Å². The summed E-state index contributed by atoms with van der Waals surface area (Å²) in [5.74, 6) is -0.726. The Bertz CT molecular complexity index is 786. The second-order valence-electron chi connectivity index (χ2n) is 8.14. The van der Waals surface area contributed by atoms with Gasteiger partial charge in [-0.25, -0.2) is 0 Å². The first kappa shape index (κ1) is 19.1. The molecule has 2 atom stereocenters. The van der Waals surface area contributed by atoms with Crippen LogP contribution in [-0.4, -0.2) is 59.7 Å². The molecule has 0 radical (unpaired) electrons. The molecule has 2 unspecified atom stereocenters. The molecular formula is C21H28N4O3. The number of hydrogen-bond donors (Lipinski definition) is 2. The van der Waals surface area contributed by atoms with Crippen molar-refractivity contribution < 1.29 is 14.4 Å². The van der Waals surface area contributed by atoms with Crippen molar-refractivity contribution in [2.24, 2.45) is 0 Å². The Morgan fingerprint density at radius 2 is 2.00 bits per heavy atom. The minimum Gasteiger partial charge on any atom is -0.322 e. The number of hydrogen-bond acceptors (Lipinski definition) is 5. The van der Waals surface area contributed by atoms with Crippen molar-refractivity contribution in [3.05, 3.63) is 34.9 Å². The molecule has 2 saturated heterocycles. The number of nitrogens with zero attached hydrogens (tertiary/aromatic N) is 2. The molecule has 3 heterocycles. The topological polar surface area (TPSA) is 81.8 Å². The molecule has 28 heavy (non-hydrogen) atoms. The smallest absolute Gasteiger partial charge is 0.255 e. The van der Waals surface area contributed by atoms with Crippen molar-refractivity contribution in [1.29, 1.82) is 0 Å². The lowest BCUT2D eigenvalue weighted by Gasteiger charge is -2.29. The Morgan fingerprint density at radius 1 is 1.14 bits per heavy atom. The van der Waals surface area contributed by atoms with E-state index in [9.17, 15) is 14.4 Å². The largest absolute Gasteiger partial charge is 0.322 e. The van der Waals surface area contributed by atoms with Gasteiger partial charge < -0.3 is 10.2 Å². The van der Waals surface area contributed by atoms with Gasteiger partial charge in [-0.05, 0) is 63.0 Å². The normalized spacial score (nSPS) is 25.6. The van der Waals surface area contributed by atoms with E-state index < -0.39 is 6.04 Å². The van der Waals surface area contributed by atoms with E-state index in [1.807, 2.05) is 12.1 Å². The number of nitrogens with one attached hydrogen (secondary N) is 2. The number of fused-ring (bicyclic) bond motifs is 1. The summed E-state index contributed by atoms with van der Waals surface area (Å²) in [5, 5.41) is 5.80. The first-order valence-corrected chi connectivity index (χ1v) is 10.2. The molecule has 0 aromatic heterocycles. The first-order valence-electron chi connectivity index (χ1n) is 10.2. The Hall–Kier alpha value is -2.25. The molecule has 3 amide bonds. The van der Waals surface area contributed by atoms with Crippen molar-refractivity contribution >= 4 is 17.7 Å². The van der Waals surface area contributed by atoms with Gasteiger partial charge in [-0.3, -0.25) is 24.6 Å². The summed E-state index contributed by atoms with van der Waals surface area (Å²) in [6, 6.07) is 6.08. The van der Waals surface area contributed by atoms with E-state index in [1.165, 1.54) is 12.8 Å². The van der Waals surface area contributed by atoms with Crippen LogP contribution in [0, 0.1) is 0 Å². The van der Waals surface area contributed by atoms with Gasteiger partial charge in [0.1, 0.15) is 6.04 Å². The van der Waals surface area contributed by atoms with Gasteiger partial charge in [0.2, 0.25) is 11.8 Å². The number of rotatable bonds is 4. The van der Waals surface area contributed by atoms with Gasteiger partial charge in [-0.15, -0.1) is 0 Å². The molecule has 0 spiro atoms. The SMILES string of the molecule is CN(Cc1ccc2c(c1)C(=O)N(C1CCC(=O)NC1=O)C2)C1CCCNCC1. The zero-order valence-electron chi connectivity index (χ0n) is 16.4. The van der Waals surface area contributed by atoms with Gasteiger partial charge in [0.15, 0.2) is 0 Å². The van der Waals surface area contributed by atoms with Crippen LogP contribution in [-0.2, 0) is 22.7 Å². The fourth-order valence-corrected chi connectivity index (χ4v) is 4.56. The molecule has 4 rings (SSSR count). The maximum atomic E-state index is 12.9. The van der Waals surface area contributed by atoms with Crippen molar-refractivity contribution in [2.75, 3.05) is 20.1 Å². The van der Waals surface area contributed by atoms with E-state index in [-0.39, 0.29) is 24.1 Å². The molecule has 3 aliphatic heterocycles. The summed E-state index contributed by atoms with van der Waals surface area (Å²) in [6.07, 6.45) is 4.21. The van der Waals surface area contributed by atoms with Gasteiger partial charge in [0.25, 0.3) is 5.91 Å². The predicted octanol–water partition coefficient (Wildman–Crippen LogP) is 1.02. The quantitative estimate of drug-likeness (QED) is 0.758. The molecule has 1 aromatic carbocycles. The van der Waals surface area contributed by atoms with E-state index in [4.69, 9.17) is 0 Å². The predicted molar refractivity (Wildman–Crippen MR) is 104 cm³/mol. The second kappa shape index (κ2) is 8.01. The fourth-order valence-electron chi connectivity index (χ4n) is 4.56. The third-order valence-electron chi connectivity index (χ3n) is 6.19. The molecule has 0 bridgehead atoms. The van der Waals surface area contributed by atoms with Gasteiger partial charge in [0.05, 0.1) is 0 Å². The molecule has 7 nitrogen and oxygen atoms in total. The van der Waals surface area contributed by atoms with Crippen LogP contribution in [0.2, 0.25) is 0 Å². The minimum absolute atomic E-state index is 0.104. The number of benzene rings is 1. The average molecular weight is 384 g/mol. The van der Waals surface area contributed by atoms with Crippen LogP contribution >= 0.6 is 0 Å². The highest BCUT2D eigenvalue weighted by Gasteiger charge is 2.39. The summed E-state index contributed by atoms with van der Waals surface area (Å²) < 4.78 is 0. The van der Waals surface area contributed by atoms with Gasteiger partial charge in [-0.2, -0.15) is 0 Å². The van der Waals surface area contributed by atoms with Crippen LogP contribution in [0.1, 0.15) is 53.6 Å². The Kier molecular flexibility index (Phi) is 5.46. The Labute approximate surface area is 165 Å². The van der Waals surface area contributed by atoms with Crippen molar-refractivity contribution in [1.82, 2.24) is 20.4 Å². The van der Waals surface area contributed by atoms with E-state index in [0.29, 0.717) is 24.6 Å². The molecule has 2 fully saturated rings. The highest BCUT2D eigenvalue weighted by atomic mass is 16.2. The summed E-state index contributed by atoms with van der Waals surface area (Å²) in [5.41, 5.74) is 2.77. The summed E-state index contributed by atoms with van der Waals surface area (Å²) in [7, 11) is 2.15. The van der Waals surface area contributed by atoms with Crippen LogP contribution in [0.15, 0.2) is 18.2 Å². The number of amides is 3. The van der Waals surface area contributed by atoms with Crippen molar-refractivity contribution in [3.63, 3.8) is 0 Å². The fraction of sp³-hybridized carbons (Fsp3) is 0.571. The van der Waals surface area contributed by atoms with Crippen LogP contribution in [0.25, 0.3) is 0 Å². The Morgan fingerprint density at radius 3 is 2.82 bits per heavy atom. The number of imide groups is 1. The third kappa shape index (κ3) is 3.82. The highest BCUT2D eigenvalue weighted by Crippen LogP contribution is 2.28. The van der Waals surface area contributed by atoms with Crippen molar-refractivity contribution in [2.45, 2.75) is 57.3 Å². The maximum Gasteiger partial charge on any atom is 0.255 e. The molecule has 2 N–H and O–H groups in total. The van der Waals surface area contributed by atoms with E-state index >= 15 is 0 Å². The molecular weight excluding hydrogens is 356 g/mol. The van der Waals surface area contributed by atoms with Gasteiger partial charge >= 0.3 is 0 Å². The monoisotopic (exact) mass is 384 g/mol. The number of piperidine rings is 1. The lowest BCUT2D eigenvalue weighted by Crippen LogP contribution is -2.52. The van der Waals surface area contributed by atoms with Gasteiger partial charge in [0, 0.05) is 31.1 Å². The van der Waals surface area contributed by atoms with Crippen LogP contribution in [0.3, 0.4) is 0 Å². The Balaban J connectivity index is 1.45. The first-order chi connectivity index (χ1) is 13.5. The van der Waals surface area contributed by atoms with Gasteiger partial charge in [-0.1, -0.05) is 12.1 Å². The maximum absolute atomic E-state index is 12.9. The zero-order chi connectivity index (χ0) is 19.7. The zero-order valence-corrected chi connectivity index (χ0v) is 16.4. The highest BCUT2D eigenvalue weighted by molar-refractivity contribution is 6.05. The lowest BCUT2D eigenvalue weighted by atomic mass is 10.0.